The molecule has 4 aromatic rings. The van der Waals surface area contributed by atoms with Crippen LogP contribution in [0.25, 0.3) is 11.3 Å². The third-order valence-electron chi connectivity index (χ3n) is 4.89. The molecular formula is C24H20N4O3. The van der Waals surface area contributed by atoms with Gasteiger partial charge in [0, 0.05) is 5.56 Å². The van der Waals surface area contributed by atoms with Crippen molar-refractivity contribution in [3.8, 4) is 11.3 Å². The number of nitrogens with zero attached hydrogens (tertiary/aromatic N) is 1. The number of hydrogen-bond donors (Lipinski definition) is 4. The summed E-state index contributed by atoms with van der Waals surface area (Å²) in [6.07, 6.45) is 0. The van der Waals surface area contributed by atoms with E-state index in [0.29, 0.717) is 16.8 Å². The Labute approximate surface area is 178 Å². The minimum absolute atomic E-state index is 0.169. The molecule has 0 unspecified atom stereocenters. The molecule has 7 heteroatoms. The van der Waals surface area contributed by atoms with Crippen molar-refractivity contribution in [2.75, 3.05) is 0 Å². The van der Waals surface area contributed by atoms with E-state index in [4.69, 9.17) is 0 Å². The Hall–Kier alpha value is -4.23. The number of aromatic amines is 1. The molecule has 0 spiro atoms. The van der Waals surface area contributed by atoms with Crippen molar-refractivity contribution in [1.82, 2.24) is 21.0 Å². The second-order valence-electron chi connectivity index (χ2n) is 6.88. The Kier molecular flexibility index (Phi) is 5.59. The lowest BCUT2D eigenvalue weighted by Gasteiger charge is -2.28. The number of nitrogens with one attached hydrogen (secondary N) is 3. The lowest BCUT2D eigenvalue weighted by Crippen LogP contribution is -2.52. The summed E-state index contributed by atoms with van der Waals surface area (Å²) in [4.78, 5) is 25.5. The van der Waals surface area contributed by atoms with Gasteiger partial charge in [-0.1, -0.05) is 91.0 Å². The van der Waals surface area contributed by atoms with Crippen LogP contribution in [0.4, 0.5) is 0 Å². The van der Waals surface area contributed by atoms with Gasteiger partial charge in [-0.15, -0.1) is 0 Å². The van der Waals surface area contributed by atoms with E-state index in [-0.39, 0.29) is 5.69 Å². The van der Waals surface area contributed by atoms with Gasteiger partial charge in [0.05, 0.1) is 5.69 Å². The normalized spacial score (nSPS) is 11.0. The van der Waals surface area contributed by atoms with Crippen LogP contribution in [0.2, 0.25) is 0 Å². The number of hydrogen-bond acceptors (Lipinski definition) is 4. The number of H-pyrrole nitrogens is 1. The zero-order valence-corrected chi connectivity index (χ0v) is 16.4. The van der Waals surface area contributed by atoms with Crippen molar-refractivity contribution in [3.63, 3.8) is 0 Å². The van der Waals surface area contributed by atoms with Gasteiger partial charge in [0.1, 0.15) is 5.69 Å². The molecule has 0 aliphatic heterocycles. The molecule has 4 rings (SSSR count). The average molecular weight is 412 g/mol. The molecule has 0 atom stereocenters. The van der Waals surface area contributed by atoms with Crippen LogP contribution >= 0.6 is 0 Å². The first kappa shape index (κ1) is 20.1. The van der Waals surface area contributed by atoms with E-state index in [0.717, 1.165) is 5.56 Å². The van der Waals surface area contributed by atoms with Crippen molar-refractivity contribution in [2.24, 2.45) is 0 Å². The van der Waals surface area contributed by atoms with E-state index in [1.165, 1.54) is 0 Å². The molecule has 154 valence electrons. The molecule has 0 radical (unpaired) electrons. The number of aromatic nitrogens is 2. The summed E-state index contributed by atoms with van der Waals surface area (Å²) in [5.74, 6) is -1.38. The van der Waals surface area contributed by atoms with Gasteiger partial charge in [-0.2, -0.15) is 5.10 Å². The fourth-order valence-corrected chi connectivity index (χ4v) is 3.25. The fourth-order valence-electron chi connectivity index (χ4n) is 3.25. The molecule has 0 saturated heterocycles. The van der Waals surface area contributed by atoms with Crippen molar-refractivity contribution in [1.29, 1.82) is 0 Å². The molecular weight excluding hydrogens is 392 g/mol. The van der Waals surface area contributed by atoms with Gasteiger partial charge in [-0.25, -0.2) is 0 Å². The highest BCUT2D eigenvalue weighted by molar-refractivity contribution is 5.96. The molecule has 3 aromatic carbocycles. The van der Waals surface area contributed by atoms with Gasteiger partial charge in [-0.05, 0) is 17.2 Å². The summed E-state index contributed by atoms with van der Waals surface area (Å²) < 4.78 is 0. The van der Waals surface area contributed by atoms with Crippen molar-refractivity contribution in [3.05, 3.63) is 114 Å². The van der Waals surface area contributed by atoms with Crippen LogP contribution in [0.3, 0.4) is 0 Å². The van der Waals surface area contributed by atoms with Crippen molar-refractivity contribution >= 4 is 11.8 Å². The smallest absolute Gasteiger partial charge is 0.287 e. The zero-order valence-electron chi connectivity index (χ0n) is 16.4. The van der Waals surface area contributed by atoms with E-state index in [9.17, 15) is 14.7 Å². The zero-order chi connectivity index (χ0) is 21.7. The Morgan fingerprint density at radius 3 is 1.84 bits per heavy atom. The minimum Gasteiger partial charge on any atom is -0.372 e. The van der Waals surface area contributed by atoms with E-state index in [2.05, 4.69) is 21.0 Å². The standard InChI is InChI=1S/C24H20N4O3/c29-22(21-16-20(25-26-21)17-10-4-1-5-11-17)27-28-23(30)24(31,18-12-6-2-7-13-18)19-14-8-3-9-15-19/h1-16,31H,(H,25,26)(H,27,29)(H,28,30). The molecule has 4 N–H and O–H groups in total. The monoisotopic (exact) mass is 412 g/mol. The maximum absolute atomic E-state index is 13.0. The van der Waals surface area contributed by atoms with Gasteiger partial charge < -0.3 is 5.11 Å². The lowest BCUT2D eigenvalue weighted by molar-refractivity contribution is -0.137. The van der Waals surface area contributed by atoms with Gasteiger partial charge in [0.25, 0.3) is 11.8 Å². The maximum Gasteiger partial charge on any atom is 0.287 e. The number of benzene rings is 3. The molecule has 0 fully saturated rings. The summed E-state index contributed by atoms with van der Waals surface area (Å²) in [7, 11) is 0. The van der Waals surface area contributed by atoms with Crippen LogP contribution in [-0.4, -0.2) is 27.1 Å². The molecule has 7 nitrogen and oxygen atoms in total. The Morgan fingerprint density at radius 1 is 0.774 bits per heavy atom. The number of aliphatic hydroxyl groups is 1. The first-order chi connectivity index (χ1) is 15.1. The molecule has 1 aromatic heterocycles. The topological polar surface area (TPSA) is 107 Å². The van der Waals surface area contributed by atoms with E-state index in [1.54, 1.807) is 66.7 Å². The number of carbonyl (C=O) groups is 2. The highest BCUT2D eigenvalue weighted by Gasteiger charge is 2.40. The van der Waals surface area contributed by atoms with E-state index >= 15 is 0 Å². The third kappa shape index (κ3) is 4.08. The fraction of sp³-hybridized carbons (Fsp3) is 0.0417. The largest absolute Gasteiger partial charge is 0.372 e. The quantitative estimate of drug-likeness (QED) is 0.378. The lowest BCUT2D eigenvalue weighted by atomic mass is 9.85. The Bertz CT molecular complexity index is 1140. The molecule has 31 heavy (non-hydrogen) atoms. The SMILES string of the molecule is O=C(NNC(=O)C(O)(c1ccccc1)c1ccccc1)c1cc(-c2ccccc2)n[nH]1. The third-order valence-corrected chi connectivity index (χ3v) is 4.89. The molecule has 0 bridgehead atoms. The summed E-state index contributed by atoms with van der Waals surface area (Å²) in [5.41, 5.74) is 5.05. The van der Waals surface area contributed by atoms with Gasteiger partial charge in [0.2, 0.25) is 0 Å². The highest BCUT2D eigenvalue weighted by atomic mass is 16.3. The van der Waals surface area contributed by atoms with Crippen LogP contribution in [-0.2, 0) is 10.4 Å². The molecule has 0 aliphatic rings. The molecule has 1 heterocycles. The van der Waals surface area contributed by atoms with E-state index in [1.807, 2.05) is 30.3 Å². The maximum atomic E-state index is 13.0. The van der Waals surface area contributed by atoms with Crippen LogP contribution in [0.15, 0.2) is 97.1 Å². The van der Waals surface area contributed by atoms with Gasteiger partial charge >= 0.3 is 0 Å². The Balaban J connectivity index is 1.52. The summed E-state index contributed by atoms with van der Waals surface area (Å²) >= 11 is 0. The van der Waals surface area contributed by atoms with Crippen LogP contribution < -0.4 is 10.9 Å². The Morgan fingerprint density at radius 2 is 1.29 bits per heavy atom. The van der Waals surface area contributed by atoms with Crippen LogP contribution in [0, 0.1) is 0 Å². The van der Waals surface area contributed by atoms with Crippen molar-refractivity contribution in [2.45, 2.75) is 5.60 Å². The van der Waals surface area contributed by atoms with Crippen LogP contribution in [0.5, 0.6) is 0 Å². The molecule has 0 aliphatic carbocycles. The molecule has 2 amide bonds. The van der Waals surface area contributed by atoms with Crippen LogP contribution in [0.1, 0.15) is 21.6 Å². The predicted molar refractivity (Wildman–Crippen MR) is 116 cm³/mol. The number of amides is 2. The highest BCUT2D eigenvalue weighted by Crippen LogP contribution is 2.29. The first-order valence-corrected chi connectivity index (χ1v) is 9.64. The second-order valence-corrected chi connectivity index (χ2v) is 6.88. The van der Waals surface area contributed by atoms with Gasteiger partial charge in [-0.3, -0.25) is 25.5 Å². The van der Waals surface area contributed by atoms with Crippen molar-refractivity contribution < 1.29 is 14.7 Å². The summed E-state index contributed by atoms with van der Waals surface area (Å²) in [6, 6.07) is 28.0. The van der Waals surface area contributed by atoms with E-state index < -0.39 is 17.4 Å². The summed E-state index contributed by atoms with van der Waals surface area (Å²) in [6.45, 7) is 0. The average Bonchev–Trinajstić information content (AvgIpc) is 3.34. The second kappa shape index (κ2) is 8.64. The minimum atomic E-state index is -1.99. The first-order valence-electron chi connectivity index (χ1n) is 9.64. The number of hydrazine groups is 1. The number of carbonyl (C=O) groups excluding carboxylic acids is 2. The predicted octanol–water partition coefficient (Wildman–Crippen LogP) is 2.77. The molecule has 0 saturated carbocycles. The van der Waals surface area contributed by atoms with Gasteiger partial charge in [0.15, 0.2) is 5.60 Å². The summed E-state index contributed by atoms with van der Waals surface area (Å²) in [5, 5.41) is 18.2. The number of rotatable bonds is 5.